The van der Waals surface area contributed by atoms with Gasteiger partial charge in [-0.3, -0.25) is 9.69 Å². The van der Waals surface area contributed by atoms with Gasteiger partial charge in [-0.2, -0.15) is 26.3 Å². The SMILES string of the molecule is O=C(O)CN(CC(O)OC/C=C\CC(F)(F)F)CC(O)OC/C=C\CC(F)(F)F. The molecule has 0 saturated carbocycles. The van der Waals surface area contributed by atoms with Crippen molar-refractivity contribution >= 4 is 5.97 Å². The van der Waals surface area contributed by atoms with Crippen LogP contribution in [0.2, 0.25) is 0 Å². The van der Waals surface area contributed by atoms with Crippen molar-refractivity contribution in [1.82, 2.24) is 4.90 Å². The predicted molar refractivity (Wildman–Crippen MR) is 87.6 cm³/mol. The third kappa shape index (κ3) is 19.4. The highest BCUT2D eigenvalue weighted by molar-refractivity contribution is 5.69. The molecule has 0 aromatic heterocycles. The number of rotatable bonds is 14. The summed E-state index contributed by atoms with van der Waals surface area (Å²) in [7, 11) is 0. The molecule has 0 spiro atoms. The summed E-state index contributed by atoms with van der Waals surface area (Å²) < 4.78 is 81.3. The van der Waals surface area contributed by atoms with Gasteiger partial charge in [-0.1, -0.05) is 24.3 Å². The Labute approximate surface area is 162 Å². The van der Waals surface area contributed by atoms with E-state index in [4.69, 9.17) is 14.6 Å². The first kappa shape index (κ1) is 27.3. The zero-order valence-corrected chi connectivity index (χ0v) is 15.2. The Morgan fingerprint density at radius 2 is 1.21 bits per heavy atom. The van der Waals surface area contributed by atoms with Crippen molar-refractivity contribution < 1.29 is 55.9 Å². The van der Waals surface area contributed by atoms with Crippen LogP contribution in [0.15, 0.2) is 24.3 Å². The summed E-state index contributed by atoms with van der Waals surface area (Å²) in [5.41, 5.74) is 0. The molecule has 0 radical (unpaired) electrons. The van der Waals surface area contributed by atoms with Crippen LogP contribution in [0.25, 0.3) is 0 Å². The number of hydrogen-bond acceptors (Lipinski definition) is 6. The van der Waals surface area contributed by atoms with Crippen molar-refractivity contribution in [3.8, 4) is 0 Å². The van der Waals surface area contributed by atoms with Crippen LogP contribution in [0.5, 0.6) is 0 Å². The number of aliphatic hydroxyl groups excluding tert-OH is 2. The van der Waals surface area contributed by atoms with Crippen molar-refractivity contribution in [2.45, 2.75) is 37.8 Å². The number of ether oxygens (including phenoxy) is 2. The van der Waals surface area contributed by atoms with Crippen LogP contribution in [0.1, 0.15) is 12.8 Å². The summed E-state index contributed by atoms with van der Waals surface area (Å²) in [6, 6.07) is 0. The van der Waals surface area contributed by atoms with Gasteiger partial charge in [0.25, 0.3) is 0 Å². The molecule has 0 bridgehead atoms. The molecule has 0 aromatic carbocycles. The third-order valence-electron chi connectivity index (χ3n) is 2.99. The number of carbonyl (C=O) groups is 1. The highest BCUT2D eigenvalue weighted by Gasteiger charge is 2.25. The van der Waals surface area contributed by atoms with Crippen LogP contribution in [0, 0.1) is 0 Å². The fourth-order valence-electron chi connectivity index (χ4n) is 1.85. The molecule has 170 valence electrons. The van der Waals surface area contributed by atoms with Crippen molar-refractivity contribution in [3.63, 3.8) is 0 Å². The van der Waals surface area contributed by atoms with E-state index in [0.29, 0.717) is 0 Å². The number of hydrogen-bond donors (Lipinski definition) is 3. The van der Waals surface area contributed by atoms with Crippen molar-refractivity contribution in [2.75, 3.05) is 32.8 Å². The molecule has 29 heavy (non-hydrogen) atoms. The average Bonchev–Trinajstić information content (AvgIpc) is 2.51. The van der Waals surface area contributed by atoms with Crippen LogP contribution in [0.3, 0.4) is 0 Å². The second-order valence-corrected chi connectivity index (χ2v) is 5.75. The molecule has 0 heterocycles. The van der Waals surface area contributed by atoms with Crippen LogP contribution >= 0.6 is 0 Å². The monoisotopic (exact) mass is 439 g/mol. The number of alkyl halides is 6. The van der Waals surface area contributed by atoms with Crippen molar-refractivity contribution in [3.05, 3.63) is 24.3 Å². The first-order valence-electron chi connectivity index (χ1n) is 8.25. The van der Waals surface area contributed by atoms with E-state index in [1.54, 1.807) is 0 Å². The summed E-state index contributed by atoms with van der Waals surface area (Å²) in [6.07, 6.45) is -10.6. The Bertz CT molecular complexity index is 485. The van der Waals surface area contributed by atoms with E-state index in [1.165, 1.54) is 0 Å². The molecule has 2 atom stereocenters. The molecule has 3 N–H and O–H groups in total. The lowest BCUT2D eigenvalue weighted by atomic mass is 10.3. The van der Waals surface area contributed by atoms with Crippen molar-refractivity contribution in [2.24, 2.45) is 0 Å². The predicted octanol–water partition coefficient (Wildman–Crippen LogP) is 2.06. The number of aliphatic carboxylic acids is 1. The molecular formula is C16H23F6NO6. The van der Waals surface area contributed by atoms with Crippen LogP contribution in [-0.2, 0) is 14.3 Å². The van der Waals surface area contributed by atoms with E-state index >= 15 is 0 Å². The summed E-state index contributed by atoms with van der Waals surface area (Å²) >= 11 is 0. The molecule has 0 aromatic rings. The molecule has 0 rings (SSSR count). The maximum absolute atomic E-state index is 11.9. The lowest BCUT2D eigenvalue weighted by Gasteiger charge is -2.25. The van der Waals surface area contributed by atoms with Gasteiger partial charge in [0.15, 0.2) is 12.6 Å². The Hall–Kier alpha value is -1.67. The number of carboxylic acids is 1. The van der Waals surface area contributed by atoms with Crippen LogP contribution < -0.4 is 0 Å². The third-order valence-corrected chi connectivity index (χ3v) is 2.99. The van der Waals surface area contributed by atoms with Crippen LogP contribution in [0.4, 0.5) is 26.3 Å². The summed E-state index contributed by atoms with van der Waals surface area (Å²) in [5, 5.41) is 28.2. The Morgan fingerprint density at radius 1 is 0.828 bits per heavy atom. The maximum Gasteiger partial charge on any atom is 0.392 e. The number of nitrogens with zero attached hydrogens (tertiary/aromatic N) is 1. The molecule has 0 aliphatic carbocycles. The fraction of sp³-hybridized carbons (Fsp3) is 0.688. The minimum absolute atomic E-state index is 0.360. The Balaban J connectivity index is 4.34. The largest absolute Gasteiger partial charge is 0.480 e. The van der Waals surface area contributed by atoms with E-state index in [9.17, 15) is 41.4 Å². The van der Waals surface area contributed by atoms with Gasteiger partial charge in [-0.25, -0.2) is 0 Å². The van der Waals surface area contributed by atoms with Crippen molar-refractivity contribution in [1.29, 1.82) is 0 Å². The van der Waals surface area contributed by atoms with E-state index in [1.807, 2.05) is 0 Å². The normalized spacial score (nSPS) is 15.5. The Kier molecular flexibility index (Phi) is 12.8. The molecule has 0 aliphatic heterocycles. The highest BCUT2D eigenvalue weighted by Crippen LogP contribution is 2.20. The second-order valence-electron chi connectivity index (χ2n) is 5.75. The standard InChI is InChI=1S/C16H23F6NO6/c17-15(18,19)5-1-3-7-28-13(26)10-23(9-12(24)25)11-14(27)29-8-4-2-6-16(20,21)22/h1-4,13-14,26-27H,5-11H2,(H,24,25)/b3-1-,4-2-. The molecule has 0 fully saturated rings. The first-order valence-corrected chi connectivity index (χ1v) is 8.25. The topological polar surface area (TPSA) is 99.5 Å². The van der Waals surface area contributed by atoms with E-state index < -0.39 is 63.4 Å². The summed E-state index contributed by atoms with van der Waals surface area (Å²) in [5.74, 6) is -1.31. The number of carboxylic acid groups (broad SMARTS) is 1. The van der Waals surface area contributed by atoms with Crippen LogP contribution in [-0.4, -0.2) is 84.0 Å². The summed E-state index contributed by atoms with van der Waals surface area (Å²) in [4.78, 5) is 11.9. The van der Waals surface area contributed by atoms with Gasteiger partial charge in [0.1, 0.15) is 0 Å². The van der Waals surface area contributed by atoms with Gasteiger partial charge >= 0.3 is 18.3 Å². The smallest absolute Gasteiger partial charge is 0.392 e. The number of halogens is 6. The average molecular weight is 439 g/mol. The lowest BCUT2D eigenvalue weighted by molar-refractivity contribution is -0.149. The second kappa shape index (κ2) is 13.5. The van der Waals surface area contributed by atoms with Gasteiger partial charge < -0.3 is 24.8 Å². The quantitative estimate of drug-likeness (QED) is 0.217. The highest BCUT2D eigenvalue weighted by atomic mass is 19.4. The number of allylic oxidation sites excluding steroid dienone is 2. The summed E-state index contributed by atoms with van der Waals surface area (Å²) in [6.45, 7) is -2.18. The maximum atomic E-state index is 11.9. The molecule has 0 aliphatic rings. The molecule has 13 heteroatoms. The van der Waals surface area contributed by atoms with Gasteiger partial charge in [0.2, 0.25) is 0 Å². The zero-order chi connectivity index (χ0) is 22.5. The van der Waals surface area contributed by atoms with Gasteiger partial charge in [0, 0.05) is 0 Å². The first-order chi connectivity index (χ1) is 13.3. The molecule has 7 nitrogen and oxygen atoms in total. The van der Waals surface area contributed by atoms with E-state index in [2.05, 4.69) is 0 Å². The van der Waals surface area contributed by atoms with Gasteiger partial charge in [-0.05, 0) is 0 Å². The minimum atomic E-state index is -4.37. The van der Waals surface area contributed by atoms with E-state index in [0.717, 1.165) is 29.2 Å². The Morgan fingerprint density at radius 3 is 1.52 bits per heavy atom. The molecular weight excluding hydrogens is 416 g/mol. The zero-order valence-electron chi connectivity index (χ0n) is 15.2. The minimum Gasteiger partial charge on any atom is -0.480 e. The molecule has 0 saturated heterocycles. The molecule has 0 amide bonds. The lowest BCUT2D eigenvalue weighted by Crippen LogP contribution is -2.42. The van der Waals surface area contributed by atoms with E-state index in [-0.39, 0.29) is 13.2 Å². The number of aliphatic hydroxyl groups is 2. The van der Waals surface area contributed by atoms with Gasteiger partial charge in [0.05, 0.1) is 45.7 Å². The fourth-order valence-corrected chi connectivity index (χ4v) is 1.85. The molecule has 2 unspecified atom stereocenters. The van der Waals surface area contributed by atoms with Gasteiger partial charge in [-0.15, -0.1) is 0 Å².